The van der Waals surface area contributed by atoms with E-state index in [4.69, 9.17) is 0 Å². The van der Waals surface area contributed by atoms with Crippen LogP contribution in [0, 0.1) is 0 Å². The van der Waals surface area contributed by atoms with E-state index in [1.54, 1.807) is 5.56 Å². The molecule has 0 saturated heterocycles. The van der Waals surface area contributed by atoms with E-state index in [0.717, 1.165) is 5.92 Å². The van der Waals surface area contributed by atoms with Gasteiger partial charge < -0.3 is 0 Å². The van der Waals surface area contributed by atoms with Crippen molar-refractivity contribution in [1.29, 1.82) is 0 Å². The van der Waals surface area contributed by atoms with Gasteiger partial charge >= 0.3 is 0 Å². The molecule has 0 heterocycles. The Bertz CT molecular complexity index is 288. The molecule has 0 spiro atoms. The summed E-state index contributed by atoms with van der Waals surface area (Å²) < 4.78 is 0. The van der Waals surface area contributed by atoms with Gasteiger partial charge in [0.2, 0.25) is 0 Å². The van der Waals surface area contributed by atoms with Crippen LogP contribution in [0.1, 0.15) is 76.3 Å². The van der Waals surface area contributed by atoms with Gasteiger partial charge in [-0.3, -0.25) is 0 Å². The zero-order valence-electron chi connectivity index (χ0n) is 10.00. The Balaban J connectivity index is 0.00000128. The Morgan fingerprint density at radius 2 is 1.50 bits per heavy atom. The largest absolute Gasteiger partial charge is 0.0776 e. The normalized spacial score (nSPS) is 17.2. The van der Waals surface area contributed by atoms with E-state index in [1.807, 2.05) is 0 Å². The smallest absolute Gasteiger partial charge is 0.0162 e. The van der Waals surface area contributed by atoms with Crippen LogP contribution in [0.2, 0.25) is 0 Å². The Morgan fingerprint density at radius 1 is 0.938 bits per heavy atom. The minimum absolute atomic E-state index is 0. The molecule has 0 bridgehead atoms. The molecular formula is C16H26. The Labute approximate surface area is 101 Å². The maximum Gasteiger partial charge on any atom is -0.0162 e. The van der Waals surface area contributed by atoms with Crippen LogP contribution in [-0.4, -0.2) is 0 Å². The van der Waals surface area contributed by atoms with Gasteiger partial charge in [-0.2, -0.15) is 0 Å². The molecule has 1 saturated carbocycles. The fraction of sp³-hybridized carbons (Fsp3) is 0.625. The Hall–Kier alpha value is -0.780. The van der Waals surface area contributed by atoms with E-state index in [9.17, 15) is 0 Å². The molecule has 0 N–H and O–H groups in total. The van der Waals surface area contributed by atoms with Crippen molar-refractivity contribution in [3.63, 3.8) is 0 Å². The fourth-order valence-corrected chi connectivity index (χ4v) is 2.59. The average Bonchev–Trinajstić information content (AvgIpc) is 2.30. The quantitative estimate of drug-likeness (QED) is 0.615. The van der Waals surface area contributed by atoms with Crippen LogP contribution in [0.25, 0.3) is 0 Å². The van der Waals surface area contributed by atoms with Gasteiger partial charge in [0.25, 0.3) is 0 Å². The molecule has 1 aromatic rings. The molecule has 2 rings (SSSR count). The monoisotopic (exact) mass is 218 g/mol. The number of benzene rings is 1. The van der Waals surface area contributed by atoms with E-state index in [0.29, 0.717) is 5.92 Å². The first-order valence-corrected chi connectivity index (χ1v) is 6.37. The maximum absolute atomic E-state index is 2.35. The molecule has 0 aromatic heterocycles. The molecule has 1 fully saturated rings. The first kappa shape index (κ1) is 13.3. The van der Waals surface area contributed by atoms with E-state index >= 15 is 0 Å². The predicted molar refractivity (Wildman–Crippen MR) is 73.1 cm³/mol. The van der Waals surface area contributed by atoms with Crippen molar-refractivity contribution in [3.8, 4) is 0 Å². The third kappa shape index (κ3) is 3.10. The van der Waals surface area contributed by atoms with Gasteiger partial charge in [-0.15, -0.1) is 0 Å². The highest BCUT2D eigenvalue weighted by atomic mass is 14.2. The zero-order chi connectivity index (χ0) is 10.7. The molecule has 0 atom stereocenters. The highest BCUT2D eigenvalue weighted by Crippen LogP contribution is 2.32. The standard InChI is InChI=1S/C15H22.CH4/c1-12(2)13-8-10-15(11-9-13)14-6-4-3-5-7-14;/h8-12,14H,3-7H2,1-2H3;1H4. The van der Waals surface area contributed by atoms with Crippen molar-refractivity contribution < 1.29 is 0 Å². The summed E-state index contributed by atoms with van der Waals surface area (Å²) in [7, 11) is 0. The van der Waals surface area contributed by atoms with E-state index in [2.05, 4.69) is 38.1 Å². The van der Waals surface area contributed by atoms with Crippen molar-refractivity contribution in [1.82, 2.24) is 0 Å². The number of rotatable bonds is 2. The highest BCUT2D eigenvalue weighted by molar-refractivity contribution is 5.27. The molecule has 0 nitrogen and oxygen atoms in total. The van der Waals surface area contributed by atoms with E-state index < -0.39 is 0 Å². The second-order valence-corrected chi connectivity index (χ2v) is 5.16. The van der Waals surface area contributed by atoms with Crippen molar-refractivity contribution in [2.24, 2.45) is 0 Å². The van der Waals surface area contributed by atoms with Gasteiger partial charge in [0.15, 0.2) is 0 Å². The van der Waals surface area contributed by atoms with Crippen LogP contribution in [0.4, 0.5) is 0 Å². The second-order valence-electron chi connectivity index (χ2n) is 5.16. The fourth-order valence-electron chi connectivity index (χ4n) is 2.59. The van der Waals surface area contributed by atoms with Crippen LogP contribution >= 0.6 is 0 Å². The van der Waals surface area contributed by atoms with Gasteiger partial charge in [-0.05, 0) is 35.8 Å². The van der Waals surface area contributed by atoms with Crippen molar-refractivity contribution >= 4 is 0 Å². The molecule has 16 heavy (non-hydrogen) atoms. The molecule has 0 amide bonds. The molecule has 0 unspecified atom stereocenters. The summed E-state index contributed by atoms with van der Waals surface area (Å²) >= 11 is 0. The first-order valence-electron chi connectivity index (χ1n) is 6.37. The molecule has 1 aromatic carbocycles. The summed E-state index contributed by atoms with van der Waals surface area (Å²) in [4.78, 5) is 0. The third-order valence-electron chi connectivity index (χ3n) is 3.68. The third-order valence-corrected chi connectivity index (χ3v) is 3.68. The van der Waals surface area contributed by atoms with Gasteiger partial charge in [0.1, 0.15) is 0 Å². The van der Waals surface area contributed by atoms with Gasteiger partial charge in [-0.1, -0.05) is 64.8 Å². The molecule has 0 radical (unpaired) electrons. The first-order chi connectivity index (χ1) is 7.27. The van der Waals surface area contributed by atoms with E-state index in [1.165, 1.54) is 37.7 Å². The summed E-state index contributed by atoms with van der Waals surface area (Å²) in [6.45, 7) is 4.52. The van der Waals surface area contributed by atoms with Crippen LogP contribution in [0.3, 0.4) is 0 Å². The molecule has 1 aliphatic carbocycles. The topological polar surface area (TPSA) is 0 Å². The lowest BCUT2D eigenvalue weighted by Gasteiger charge is -2.22. The predicted octanol–water partition coefficient (Wildman–Crippen LogP) is 5.49. The molecule has 0 aliphatic heterocycles. The number of hydrogen-bond acceptors (Lipinski definition) is 0. The molecule has 90 valence electrons. The lowest BCUT2D eigenvalue weighted by atomic mass is 9.83. The van der Waals surface area contributed by atoms with Crippen LogP contribution in [0.15, 0.2) is 24.3 Å². The van der Waals surface area contributed by atoms with Crippen molar-refractivity contribution in [2.75, 3.05) is 0 Å². The second kappa shape index (κ2) is 6.08. The van der Waals surface area contributed by atoms with Gasteiger partial charge in [0.05, 0.1) is 0 Å². The maximum atomic E-state index is 2.35. The lowest BCUT2D eigenvalue weighted by Crippen LogP contribution is -2.04. The van der Waals surface area contributed by atoms with Gasteiger partial charge in [-0.25, -0.2) is 0 Å². The van der Waals surface area contributed by atoms with Crippen molar-refractivity contribution in [3.05, 3.63) is 35.4 Å². The summed E-state index contributed by atoms with van der Waals surface area (Å²) in [6, 6.07) is 9.33. The molecule has 1 aliphatic rings. The summed E-state index contributed by atoms with van der Waals surface area (Å²) in [5.41, 5.74) is 3.04. The number of hydrogen-bond donors (Lipinski definition) is 0. The summed E-state index contributed by atoms with van der Waals surface area (Å²) in [5, 5.41) is 0. The Morgan fingerprint density at radius 3 is 2.00 bits per heavy atom. The minimum atomic E-state index is 0. The molecule has 0 heteroatoms. The van der Waals surface area contributed by atoms with Crippen LogP contribution in [-0.2, 0) is 0 Å². The Kier molecular flexibility index (Phi) is 5.05. The lowest BCUT2D eigenvalue weighted by molar-refractivity contribution is 0.443. The zero-order valence-corrected chi connectivity index (χ0v) is 10.00. The van der Waals surface area contributed by atoms with Gasteiger partial charge in [0, 0.05) is 0 Å². The minimum Gasteiger partial charge on any atom is -0.0776 e. The van der Waals surface area contributed by atoms with Crippen LogP contribution < -0.4 is 0 Å². The highest BCUT2D eigenvalue weighted by Gasteiger charge is 2.15. The summed E-state index contributed by atoms with van der Waals surface area (Å²) in [6.07, 6.45) is 7.11. The van der Waals surface area contributed by atoms with Crippen molar-refractivity contribution in [2.45, 2.75) is 65.2 Å². The SMILES string of the molecule is C.CC(C)c1ccc(C2CCCCC2)cc1. The van der Waals surface area contributed by atoms with E-state index in [-0.39, 0.29) is 7.43 Å². The molecular weight excluding hydrogens is 192 g/mol. The summed E-state index contributed by atoms with van der Waals surface area (Å²) in [5.74, 6) is 1.50. The van der Waals surface area contributed by atoms with Crippen LogP contribution in [0.5, 0.6) is 0 Å². The average molecular weight is 218 g/mol.